The van der Waals surface area contributed by atoms with E-state index in [0.29, 0.717) is 57.8 Å². The summed E-state index contributed by atoms with van der Waals surface area (Å²) >= 11 is 0. The van der Waals surface area contributed by atoms with Gasteiger partial charge in [0.05, 0.1) is 50.7 Å². The fourth-order valence-corrected chi connectivity index (χ4v) is 16.5. The number of hydrogen-bond donors (Lipinski definition) is 10. The lowest BCUT2D eigenvalue weighted by molar-refractivity contribution is -0.297. The first kappa shape index (κ1) is 106. The molecule has 2 aliphatic rings. The second kappa shape index (κ2) is 68.4. The number of nitrogens with one attached hydrogen (secondary N) is 2. The van der Waals surface area contributed by atoms with Crippen molar-refractivity contribution in [2.24, 2.45) is 11.8 Å². The van der Waals surface area contributed by atoms with E-state index in [0.717, 1.165) is 231 Å². The number of carboxylic acid groups (broad SMARTS) is 1. The number of aliphatic carboxylic acids is 1. The number of esters is 3. The topological polar surface area (TPSA) is 370 Å². The van der Waals surface area contributed by atoms with E-state index >= 15 is 4.79 Å². The molecule has 0 bridgehead atoms. The minimum absolute atomic E-state index is 0.0621. The number of phosphoric ester groups is 1. The molecule has 664 valence electrons. The molecule has 2 rings (SSSR count). The third kappa shape index (κ3) is 51.6. The van der Waals surface area contributed by atoms with Gasteiger partial charge in [0, 0.05) is 18.8 Å². The Kier molecular flexibility index (Phi) is 64.0. The van der Waals surface area contributed by atoms with Crippen LogP contribution in [-0.2, 0) is 66.3 Å². The van der Waals surface area contributed by atoms with Crippen LogP contribution in [0.2, 0.25) is 0 Å². The number of carboxylic acids is 1. The van der Waals surface area contributed by atoms with Crippen LogP contribution in [0.1, 0.15) is 420 Å². The molecule has 0 radical (unpaired) electrons. The molecule has 25 heteroatoms. The predicted octanol–water partition coefficient (Wildman–Crippen LogP) is 18.2. The molecule has 0 aromatic rings. The van der Waals surface area contributed by atoms with Gasteiger partial charge < -0.3 is 79.5 Å². The van der Waals surface area contributed by atoms with Crippen molar-refractivity contribution in [3.63, 3.8) is 0 Å². The lowest BCUT2D eigenvalue weighted by Gasteiger charge is -2.49. The van der Waals surface area contributed by atoms with Crippen molar-refractivity contribution in [1.29, 1.82) is 0 Å². The highest BCUT2D eigenvalue weighted by Crippen LogP contribution is 2.47. The number of phosphoric acid groups is 1. The van der Waals surface area contributed by atoms with Crippen molar-refractivity contribution in [2.75, 3.05) is 13.2 Å². The number of hydrogen-bond acceptors (Lipinski definition) is 19. The van der Waals surface area contributed by atoms with Gasteiger partial charge in [-0.05, 0) is 51.4 Å². The zero-order valence-electron chi connectivity index (χ0n) is 71.5. The number of ether oxygens (including phenoxy) is 6. The van der Waals surface area contributed by atoms with Crippen LogP contribution in [0, 0.1) is 11.8 Å². The summed E-state index contributed by atoms with van der Waals surface area (Å²) in [7, 11) is -5.71. The van der Waals surface area contributed by atoms with Gasteiger partial charge in [0.2, 0.25) is 11.8 Å². The molecule has 0 spiro atoms. The minimum Gasteiger partial charge on any atom is -0.481 e. The zero-order valence-corrected chi connectivity index (χ0v) is 72.4. The Labute approximate surface area is 682 Å². The summed E-state index contributed by atoms with van der Waals surface area (Å²) in [5.74, 6) is -9.35. The van der Waals surface area contributed by atoms with Gasteiger partial charge in [0.1, 0.15) is 48.6 Å². The Balaban J connectivity index is 2.86. The largest absolute Gasteiger partial charge is 0.481 e. The van der Waals surface area contributed by atoms with Gasteiger partial charge in [-0.1, -0.05) is 337 Å². The van der Waals surface area contributed by atoms with E-state index < -0.39 is 167 Å². The standard InChI is InChI=1S/C88H165N2O22P/c1-7-13-19-25-31-35-41-45-51-57-68(92)63-74(94)90-82-85(111-78(98)64-69(93)58-52-46-42-36-32-26-20-14-8-2)83(99)73(109-87(82)102)67-106-88-81(89-75(95)65-70(59-53-47-43-37-33-27-21-15-9-3)107-76(96)61-55-49-39-29-23-17-11-5)80(84(72(66-91)110-88)112-113(103,104)105)79(86(100)101)71(60-54-48-44-38-34-28-22-16-10-4)108-77(97)62-56-50-40-30-24-18-12-6/h68-73,79-85,87-88,91-93,99,102H,7-67H2,1-6H3,(H,89,95)(H,90,94)(H,100,101)(H2,103,104,105)/t68-,69-,70-,71-,72?,73?,79?,80-,81+,82+,83-,84-,85-,87?,88-/m1/s1. The molecule has 24 nitrogen and oxygen atoms in total. The molecule has 0 aromatic carbocycles. The van der Waals surface area contributed by atoms with Crippen molar-refractivity contribution in [1.82, 2.24) is 10.6 Å². The molecular weight excluding hydrogens is 1470 g/mol. The lowest BCUT2D eigenvalue weighted by Crippen LogP contribution is -2.67. The smallest absolute Gasteiger partial charge is 0.469 e. The van der Waals surface area contributed by atoms with Crippen molar-refractivity contribution in [2.45, 2.75) is 500 Å². The molecule has 15 atom stereocenters. The highest BCUT2D eigenvalue weighted by atomic mass is 31.2. The Hall–Kier alpha value is -3.39. The molecule has 2 aliphatic heterocycles. The van der Waals surface area contributed by atoms with E-state index in [1.807, 2.05) is 0 Å². The Bertz CT molecular complexity index is 2430. The normalized spacial score (nSPS) is 21.3. The van der Waals surface area contributed by atoms with Crippen LogP contribution in [0.25, 0.3) is 0 Å². The summed E-state index contributed by atoms with van der Waals surface area (Å²) in [4.78, 5) is 107. The molecule has 2 heterocycles. The van der Waals surface area contributed by atoms with Gasteiger partial charge in [-0.3, -0.25) is 33.3 Å². The second-order valence-corrected chi connectivity index (χ2v) is 34.2. The van der Waals surface area contributed by atoms with Crippen molar-refractivity contribution in [3.05, 3.63) is 0 Å². The zero-order chi connectivity index (χ0) is 83.1. The van der Waals surface area contributed by atoms with E-state index in [4.69, 9.17) is 32.9 Å². The number of carbonyl (C=O) groups excluding carboxylic acids is 5. The first-order valence-corrected chi connectivity index (χ1v) is 47.5. The number of carbonyl (C=O) groups is 6. The van der Waals surface area contributed by atoms with Crippen LogP contribution in [0.15, 0.2) is 0 Å². The molecule has 113 heavy (non-hydrogen) atoms. The molecule has 4 unspecified atom stereocenters. The molecule has 0 saturated carbocycles. The number of unbranched alkanes of at least 4 members (excludes halogenated alkanes) is 44. The number of aliphatic hydroxyl groups excluding tert-OH is 5. The van der Waals surface area contributed by atoms with Crippen LogP contribution in [0.4, 0.5) is 0 Å². The van der Waals surface area contributed by atoms with Gasteiger partial charge in [0.15, 0.2) is 18.7 Å². The fraction of sp³-hybridized carbons (Fsp3) is 0.932. The minimum atomic E-state index is -5.71. The van der Waals surface area contributed by atoms with Gasteiger partial charge in [-0.2, -0.15) is 0 Å². The SMILES string of the molecule is CCCCCCCCCCC[C@@H](O)CC(=O)N[C@@H]1C(O)OC(CO[C@@H]2OC(CO)[C@@H](OP(=O)(O)O)[C@H](C(C(=O)O)[C@@H](CCCCCCCCCCC)OC(=O)CCCCCCCCC)[C@@H]2NC(=O)C[C@@H](CCCCCCCCCCC)OC(=O)CCCCCCCCC)[C@@H](O)[C@@H]1OC(=O)C[C@H](O)CCCCCCCCCCC. The predicted molar refractivity (Wildman–Crippen MR) is 442 cm³/mol. The molecule has 2 saturated heterocycles. The number of amides is 2. The summed E-state index contributed by atoms with van der Waals surface area (Å²) in [5, 5.41) is 75.4. The maximum Gasteiger partial charge on any atom is 0.469 e. The van der Waals surface area contributed by atoms with Gasteiger partial charge in [-0.15, -0.1) is 0 Å². The first-order valence-electron chi connectivity index (χ1n) is 46.0. The van der Waals surface area contributed by atoms with Crippen molar-refractivity contribution < 1.29 is 107 Å². The highest BCUT2D eigenvalue weighted by Gasteiger charge is 2.57. The molecule has 0 aliphatic carbocycles. The van der Waals surface area contributed by atoms with Crippen molar-refractivity contribution >= 4 is 43.5 Å². The Morgan fingerprint density at radius 2 is 0.779 bits per heavy atom. The lowest BCUT2D eigenvalue weighted by atomic mass is 9.74. The molecule has 2 fully saturated rings. The quantitative estimate of drug-likeness (QED) is 0.0117. The van der Waals surface area contributed by atoms with Crippen molar-refractivity contribution in [3.8, 4) is 0 Å². The average Bonchev–Trinajstić information content (AvgIpc) is 0.760. The van der Waals surface area contributed by atoms with E-state index in [1.165, 1.54) is 38.5 Å². The van der Waals surface area contributed by atoms with E-state index in [2.05, 4.69) is 52.2 Å². The average molecular weight is 1630 g/mol. The van der Waals surface area contributed by atoms with Crippen LogP contribution in [0.5, 0.6) is 0 Å². The Morgan fingerprint density at radius 3 is 1.19 bits per heavy atom. The Morgan fingerprint density at radius 1 is 0.416 bits per heavy atom. The van der Waals surface area contributed by atoms with Crippen LogP contribution < -0.4 is 10.6 Å². The summed E-state index contributed by atoms with van der Waals surface area (Å²) in [5.41, 5.74) is 0. The van der Waals surface area contributed by atoms with Gasteiger partial charge in [-0.25, -0.2) is 4.57 Å². The van der Waals surface area contributed by atoms with E-state index in [9.17, 15) is 69.0 Å². The monoisotopic (exact) mass is 1630 g/mol. The summed E-state index contributed by atoms with van der Waals surface area (Å²) in [6, 6.07) is -3.54. The second-order valence-electron chi connectivity index (χ2n) is 33.0. The summed E-state index contributed by atoms with van der Waals surface area (Å²) in [6.45, 7) is 11.0. The number of aliphatic hydroxyl groups is 5. The molecule has 0 aromatic heterocycles. The van der Waals surface area contributed by atoms with Crippen LogP contribution >= 0.6 is 7.82 Å². The molecular formula is C88H165N2O22P. The third-order valence-corrected chi connectivity index (χ3v) is 23.2. The summed E-state index contributed by atoms with van der Waals surface area (Å²) in [6.07, 6.45) is 29.4. The summed E-state index contributed by atoms with van der Waals surface area (Å²) < 4.78 is 56.2. The van der Waals surface area contributed by atoms with Gasteiger partial charge in [0.25, 0.3) is 0 Å². The van der Waals surface area contributed by atoms with Crippen LogP contribution in [0.3, 0.4) is 0 Å². The first-order chi connectivity index (χ1) is 54.6. The maximum atomic E-state index is 15.3. The van der Waals surface area contributed by atoms with E-state index in [1.54, 1.807) is 0 Å². The number of rotatable bonds is 76. The van der Waals surface area contributed by atoms with E-state index in [-0.39, 0.29) is 32.1 Å². The molecule has 2 amide bonds. The highest BCUT2D eigenvalue weighted by molar-refractivity contribution is 7.46. The fourth-order valence-electron chi connectivity index (χ4n) is 15.9. The van der Waals surface area contributed by atoms with Crippen LogP contribution in [-0.4, -0.2) is 169 Å². The van der Waals surface area contributed by atoms with Gasteiger partial charge >= 0.3 is 31.7 Å². The third-order valence-electron chi connectivity index (χ3n) is 22.6. The molecule has 10 N–H and O–H groups in total. The maximum absolute atomic E-state index is 15.3.